The number of aliphatic hydroxyl groups is 1. The van der Waals surface area contributed by atoms with Gasteiger partial charge in [-0.25, -0.2) is 14.2 Å². The number of hydrogen-bond donors (Lipinski definition) is 2. The highest BCUT2D eigenvalue weighted by Gasteiger charge is 2.44. The highest BCUT2D eigenvalue weighted by molar-refractivity contribution is 7.20. The fraction of sp³-hybridized carbons (Fsp3) is 0.419. The van der Waals surface area contributed by atoms with Gasteiger partial charge in [-0.05, 0) is 68.6 Å². The van der Waals surface area contributed by atoms with E-state index in [0.717, 1.165) is 42.1 Å². The van der Waals surface area contributed by atoms with Gasteiger partial charge in [-0.1, -0.05) is 36.7 Å². The van der Waals surface area contributed by atoms with E-state index >= 15 is 4.39 Å². The normalized spacial score (nSPS) is 22.2. The van der Waals surface area contributed by atoms with Crippen molar-refractivity contribution in [2.75, 3.05) is 13.1 Å². The maximum Gasteiger partial charge on any atom is 0.346 e. The zero-order chi connectivity index (χ0) is 29.6. The number of rotatable bonds is 8. The number of carbonyl (C=O) groups is 1. The lowest BCUT2D eigenvalue weighted by atomic mass is 9.85. The number of halogens is 2. The van der Waals surface area contributed by atoms with Crippen LogP contribution >= 0.6 is 22.9 Å². The smallest absolute Gasteiger partial charge is 0.346 e. The SMILES string of the molecule is CCC(O)Cn1c(CN2CCC(C3O[C@](C)(c4ccc(Cl)cc4F)Oc4ccccc43)CC2)nc2cc(C(=O)O)sc21. The van der Waals surface area contributed by atoms with Crippen molar-refractivity contribution in [2.45, 2.75) is 64.2 Å². The highest BCUT2D eigenvalue weighted by atomic mass is 35.5. The van der Waals surface area contributed by atoms with Crippen molar-refractivity contribution in [1.82, 2.24) is 14.5 Å². The quantitative estimate of drug-likeness (QED) is 0.231. The van der Waals surface area contributed by atoms with Crippen molar-refractivity contribution in [3.8, 4) is 5.75 Å². The lowest BCUT2D eigenvalue weighted by Gasteiger charge is -2.44. The minimum atomic E-state index is -1.31. The van der Waals surface area contributed by atoms with Crippen molar-refractivity contribution in [2.24, 2.45) is 5.92 Å². The maximum absolute atomic E-state index is 15.0. The molecule has 2 aliphatic rings. The summed E-state index contributed by atoms with van der Waals surface area (Å²) in [6.45, 7) is 6.23. The second kappa shape index (κ2) is 11.6. The summed E-state index contributed by atoms with van der Waals surface area (Å²) in [4.78, 5) is 19.6. The number of imidazole rings is 1. The van der Waals surface area contributed by atoms with Crippen molar-refractivity contribution in [3.63, 3.8) is 0 Å². The number of fused-ring (bicyclic) bond motifs is 2. The van der Waals surface area contributed by atoms with Crippen molar-refractivity contribution >= 4 is 39.3 Å². The van der Waals surface area contributed by atoms with Crippen LogP contribution in [0.15, 0.2) is 48.5 Å². The third kappa shape index (κ3) is 5.54. The average molecular weight is 614 g/mol. The van der Waals surface area contributed by atoms with Gasteiger partial charge in [0.2, 0.25) is 5.79 Å². The second-order valence-corrected chi connectivity index (χ2v) is 12.6. The van der Waals surface area contributed by atoms with Gasteiger partial charge in [0.25, 0.3) is 0 Å². The molecule has 2 unspecified atom stereocenters. The van der Waals surface area contributed by atoms with Gasteiger partial charge in [-0.2, -0.15) is 0 Å². The van der Waals surface area contributed by atoms with Gasteiger partial charge >= 0.3 is 5.97 Å². The van der Waals surface area contributed by atoms with Crippen molar-refractivity contribution in [1.29, 1.82) is 0 Å². The molecule has 4 heterocycles. The number of benzene rings is 2. The summed E-state index contributed by atoms with van der Waals surface area (Å²) in [5.41, 5.74) is 1.91. The Morgan fingerprint density at radius 3 is 2.71 bits per heavy atom. The van der Waals surface area contributed by atoms with E-state index in [1.54, 1.807) is 25.1 Å². The molecule has 1 saturated heterocycles. The number of piperidine rings is 1. The van der Waals surface area contributed by atoms with Gasteiger partial charge in [-0.15, -0.1) is 11.3 Å². The maximum atomic E-state index is 15.0. The average Bonchev–Trinajstić information content (AvgIpc) is 3.52. The van der Waals surface area contributed by atoms with E-state index in [1.165, 1.54) is 17.4 Å². The van der Waals surface area contributed by atoms with Gasteiger partial charge < -0.3 is 24.3 Å². The number of hydrogen-bond acceptors (Lipinski definition) is 7. The molecule has 3 atom stereocenters. The van der Waals surface area contributed by atoms with Crippen LogP contribution in [0, 0.1) is 11.7 Å². The van der Waals surface area contributed by atoms with E-state index < -0.39 is 23.7 Å². The summed E-state index contributed by atoms with van der Waals surface area (Å²) >= 11 is 7.20. The highest BCUT2D eigenvalue weighted by Crippen LogP contribution is 2.49. The largest absolute Gasteiger partial charge is 0.477 e. The molecule has 0 aliphatic carbocycles. The van der Waals surface area contributed by atoms with E-state index in [2.05, 4.69) is 4.90 Å². The molecule has 0 radical (unpaired) electrons. The molecule has 1 fully saturated rings. The molecule has 42 heavy (non-hydrogen) atoms. The Bertz CT molecular complexity index is 1620. The van der Waals surface area contributed by atoms with Crippen LogP contribution in [-0.2, 0) is 23.6 Å². The molecule has 2 N–H and O–H groups in total. The fourth-order valence-corrected chi connectivity index (χ4v) is 7.13. The molecule has 0 spiro atoms. The van der Waals surface area contributed by atoms with Crippen LogP contribution in [0.3, 0.4) is 0 Å². The van der Waals surface area contributed by atoms with Crippen LogP contribution in [0.25, 0.3) is 10.3 Å². The number of likely N-dealkylation sites (tertiary alicyclic amines) is 1. The summed E-state index contributed by atoms with van der Waals surface area (Å²) < 4.78 is 29.9. The van der Waals surface area contributed by atoms with E-state index in [-0.39, 0.29) is 16.9 Å². The van der Waals surface area contributed by atoms with Gasteiger partial charge in [0.15, 0.2) is 0 Å². The molecule has 4 aromatic rings. The lowest BCUT2D eigenvalue weighted by Crippen LogP contribution is -2.43. The monoisotopic (exact) mass is 613 g/mol. The summed E-state index contributed by atoms with van der Waals surface area (Å²) in [6.07, 6.45) is 1.47. The Morgan fingerprint density at radius 1 is 1.24 bits per heavy atom. The standard InChI is InChI=1S/C31H33ClFN3O5S/c1-3-20(37)16-36-27(34-24-15-26(30(38)39)42-29(24)36)17-35-12-10-18(11-13-35)28-21-6-4-5-7-25(21)40-31(2,41-28)22-9-8-19(32)14-23(22)33/h4-9,14-15,18,20,28,37H,3,10-13,16-17H2,1-2H3,(H,38,39)/t20?,28?,31-/m1/s1. The summed E-state index contributed by atoms with van der Waals surface area (Å²) in [6, 6.07) is 13.9. The molecule has 2 aromatic heterocycles. The fourth-order valence-electron chi connectivity index (χ4n) is 6.00. The van der Waals surface area contributed by atoms with Crippen LogP contribution in [0.1, 0.15) is 65.8 Å². The van der Waals surface area contributed by atoms with Gasteiger partial charge in [-0.3, -0.25) is 4.90 Å². The first-order valence-corrected chi connectivity index (χ1v) is 15.4. The van der Waals surface area contributed by atoms with E-state index in [4.69, 9.17) is 26.1 Å². The molecule has 0 saturated carbocycles. The van der Waals surface area contributed by atoms with Crippen LogP contribution in [0.4, 0.5) is 4.39 Å². The van der Waals surface area contributed by atoms with Crippen LogP contribution in [0.5, 0.6) is 5.75 Å². The molecule has 0 amide bonds. The van der Waals surface area contributed by atoms with Gasteiger partial charge in [0.05, 0.1) is 30.9 Å². The third-order valence-corrected chi connectivity index (χ3v) is 9.67. The number of nitrogens with zero attached hydrogens (tertiary/aromatic N) is 3. The number of carboxylic acid groups (broad SMARTS) is 1. The van der Waals surface area contributed by atoms with E-state index in [1.807, 2.05) is 35.8 Å². The van der Waals surface area contributed by atoms with E-state index in [9.17, 15) is 15.0 Å². The molecule has 0 bridgehead atoms. The Labute approximate surface area is 252 Å². The van der Waals surface area contributed by atoms with Crippen LogP contribution in [-0.4, -0.2) is 49.8 Å². The van der Waals surface area contributed by atoms with Crippen molar-refractivity contribution in [3.05, 3.63) is 81.2 Å². The first-order chi connectivity index (χ1) is 20.1. The summed E-state index contributed by atoms with van der Waals surface area (Å²) in [5.74, 6) is -1.07. The number of aromatic carboxylic acids is 1. The Kier molecular flexibility index (Phi) is 8.01. The number of carboxylic acids is 1. The zero-order valence-corrected chi connectivity index (χ0v) is 25.0. The Hall–Kier alpha value is -3.02. The minimum Gasteiger partial charge on any atom is -0.477 e. The molecular formula is C31H33ClFN3O5S. The first-order valence-electron chi connectivity index (χ1n) is 14.2. The number of para-hydroxylation sites is 1. The molecule has 8 nitrogen and oxygen atoms in total. The molecule has 6 rings (SSSR count). The predicted molar refractivity (Wildman–Crippen MR) is 159 cm³/mol. The first kappa shape index (κ1) is 29.1. The Morgan fingerprint density at radius 2 is 2.00 bits per heavy atom. The molecule has 2 aliphatic heterocycles. The Balaban J connectivity index is 1.21. The molecule has 222 valence electrons. The minimum absolute atomic E-state index is 0.185. The summed E-state index contributed by atoms with van der Waals surface area (Å²) in [7, 11) is 0. The zero-order valence-electron chi connectivity index (χ0n) is 23.4. The van der Waals surface area contributed by atoms with E-state index in [0.29, 0.717) is 41.4 Å². The molecule has 2 aromatic carbocycles. The number of ether oxygens (including phenoxy) is 2. The van der Waals surface area contributed by atoms with Crippen LogP contribution < -0.4 is 4.74 Å². The number of aliphatic hydroxyl groups excluding tert-OH is 1. The third-order valence-electron chi connectivity index (χ3n) is 8.30. The van der Waals surface area contributed by atoms with Gasteiger partial charge in [0.1, 0.15) is 32.6 Å². The predicted octanol–water partition coefficient (Wildman–Crippen LogP) is 6.59. The molecule has 11 heteroatoms. The van der Waals surface area contributed by atoms with Crippen molar-refractivity contribution < 1.29 is 28.9 Å². The topological polar surface area (TPSA) is 97.0 Å². The number of aromatic nitrogens is 2. The van der Waals surface area contributed by atoms with Gasteiger partial charge in [0, 0.05) is 17.5 Å². The van der Waals surface area contributed by atoms with Crippen LogP contribution in [0.2, 0.25) is 5.02 Å². The molecular weight excluding hydrogens is 581 g/mol. The lowest BCUT2D eigenvalue weighted by molar-refractivity contribution is -0.243. The number of thiophene rings is 1. The summed E-state index contributed by atoms with van der Waals surface area (Å²) in [5, 5.41) is 20.2. The second-order valence-electron chi connectivity index (χ2n) is 11.2.